The van der Waals surface area contributed by atoms with Crippen LogP contribution in [0.4, 0.5) is 32.3 Å². The third-order valence-corrected chi connectivity index (χ3v) is 7.26. The molecule has 4 aromatic rings. The van der Waals surface area contributed by atoms with Crippen LogP contribution in [0.1, 0.15) is 22.3 Å². The fraction of sp³-hybridized carbons (Fsp3) is 0.167. The van der Waals surface area contributed by atoms with Gasteiger partial charge in [0.05, 0.1) is 35.8 Å². The maximum absolute atomic E-state index is 12.6. The lowest BCUT2D eigenvalue weighted by atomic mass is 10.0. The van der Waals surface area contributed by atoms with Gasteiger partial charge in [0.1, 0.15) is 0 Å². The molecule has 3 N–H and O–H groups in total. The summed E-state index contributed by atoms with van der Waals surface area (Å²) in [5.41, 5.74) is 13.1. The standard InChI is InChI=1S/C18H16N2O.C15H12ClNO.C3H5N/c1-2-13-19-18(21)20-16-9-5-3-7-14(16)11-12-15-8-4-6-10-17(15)20;16-15(18)17-13-7-3-1-5-11(13)9-10-12-6-2-4-8-14(12)17;1-2-3-4/h1,3-10H,11-13H2,(H,19,21);1-8H,9-10H2;1H,3-4H2. The molecule has 0 spiro atoms. The van der Waals surface area contributed by atoms with Crippen LogP contribution in [0.3, 0.4) is 0 Å². The van der Waals surface area contributed by atoms with E-state index in [-0.39, 0.29) is 12.6 Å². The van der Waals surface area contributed by atoms with E-state index in [2.05, 4.69) is 35.7 Å². The van der Waals surface area contributed by atoms with Gasteiger partial charge in [-0.15, -0.1) is 12.8 Å². The van der Waals surface area contributed by atoms with E-state index in [1.54, 1.807) is 9.80 Å². The number of nitrogens with one attached hydrogen (secondary N) is 1. The molecule has 0 atom stereocenters. The van der Waals surface area contributed by atoms with E-state index in [4.69, 9.17) is 23.8 Å². The van der Waals surface area contributed by atoms with Crippen molar-refractivity contribution >= 4 is 45.7 Å². The average molecular weight is 589 g/mol. The van der Waals surface area contributed by atoms with E-state index >= 15 is 0 Å². The molecule has 4 aromatic carbocycles. The lowest BCUT2D eigenvalue weighted by Crippen LogP contribution is -2.37. The summed E-state index contributed by atoms with van der Waals surface area (Å²) in [5.74, 6) is 4.65. The Kier molecular flexibility index (Phi) is 11.0. The first kappa shape index (κ1) is 30.9. The summed E-state index contributed by atoms with van der Waals surface area (Å²) in [6.45, 7) is 0.569. The number of para-hydroxylation sites is 4. The maximum atomic E-state index is 12.6. The van der Waals surface area contributed by atoms with E-state index in [0.29, 0.717) is 6.54 Å². The predicted octanol–water partition coefficient (Wildman–Crippen LogP) is 7.13. The van der Waals surface area contributed by atoms with Crippen molar-refractivity contribution in [3.63, 3.8) is 0 Å². The summed E-state index contributed by atoms with van der Waals surface area (Å²) in [4.78, 5) is 27.7. The number of nitrogens with two attached hydrogens (primary N) is 1. The van der Waals surface area contributed by atoms with Crippen LogP contribution in [-0.4, -0.2) is 24.5 Å². The third-order valence-electron chi connectivity index (χ3n) is 7.10. The Bertz CT molecular complexity index is 1580. The Balaban J connectivity index is 0.000000177. The maximum Gasteiger partial charge on any atom is 0.327 e. The zero-order valence-corrected chi connectivity index (χ0v) is 24.6. The second-order valence-electron chi connectivity index (χ2n) is 9.71. The topological polar surface area (TPSA) is 78.7 Å². The van der Waals surface area contributed by atoms with E-state index in [9.17, 15) is 9.59 Å². The number of aryl methyl sites for hydroxylation is 4. The number of nitrogens with zero attached hydrogens (tertiary/aromatic N) is 2. The van der Waals surface area contributed by atoms with Crippen molar-refractivity contribution in [2.75, 3.05) is 22.9 Å². The van der Waals surface area contributed by atoms with Crippen LogP contribution in [0.2, 0.25) is 0 Å². The second kappa shape index (κ2) is 15.3. The van der Waals surface area contributed by atoms with Gasteiger partial charge in [-0.2, -0.15) is 0 Å². The first-order valence-corrected chi connectivity index (χ1v) is 14.3. The van der Waals surface area contributed by atoms with Gasteiger partial charge in [-0.25, -0.2) is 4.79 Å². The second-order valence-corrected chi connectivity index (χ2v) is 10.0. The number of carbonyl (C=O) groups excluding carboxylic acids is 2. The number of amides is 3. The van der Waals surface area contributed by atoms with Crippen molar-refractivity contribution in [3.05, 3.63) is 119 Å². The van der Waals surface area contributed by atoms with Crippen molar-refractivity contribution in [2.45, 2.75) is 25.7 Å². The summed E-state index contributed by atoms with van der Waals surface area (Å²) < 4.78 is 0. The van der Waals surface area contributed by atoms with Crippen molar-refractivity contribution in [1.29, 1.82) is 0 Å². The van der Waals surface area contributed by atoms with Crippen LogP contribution < -0.4 is 20.9 Å². The minimum absolute atomic E-state index is 0.185. The fourth-order valence-electron chi connectivity index (χ4n) is 5.17. The van der Waals surface area contributed by atoms with Crippen molar-refractivity contribution in [2.24, 2.45) is 5.73 Å². The van der Waals surface area contributed by atoms with Gasteiger partial charge in [-0.05, 0) is 83.8 Å². The van der Waals surface area contributed by atoms with Gasteiger partial charge >= 0.3 is 11.4 Å². The number of carbonyl (C=O) groups is 2. The summed E-state index contributed by atoms with van der Waals surface area (Å²) in [5, 5.41) is 2.30. The molecule has 7 heteroatoms. The van der Waals surface area contributed by atoms with Gasteiger partial charge in [-0.1, -0.05) is 84.6 Å². The molecule has 6 nitrogen and oxygen atoms in total. The predicted molar refractivity (Wildman–Crippen MR) is 176 cm³/mol. The normalized spacial score (nSPS) is 12.3. The zero-order chi connectivity index (χ0) is 30.6. The summed E-state index contributed by atoms with van der Waals surface area (Å²) in [6, 6.07) is 31.7. The van der Waals surface area contributed by atoms with E-state index in [1.165, 1.54) is 11.1 Å². The van der Waals surface area contributed by atoms with Crippen LogP contribution in [-0.2, 0) is 25.7 Å². The molecular formula is C36H33ClN4O2. The minimum Gasteiger partial charge on any atom is -0.326 e. The molecule has 0 aromatic heterocycles. The number of anilines is 4. The highest BCUT2D eigenvalue weighted by molar-refractivity contribution is 6.67. The van der Waals surface area contributed by atoms with E-state index < -0.39 is 5.37 Å². The highest BCUT2D eigenvalue weighted by atomic mass is 35.5. The number of halogens is 1. The first-order chi connectivity index (χ1) is 21.0. The average Bonchev–Trinajstić information content (AvgIpc) is 3.32. The van der Waals surface area contributed by atoms with Crippen LogP contribution >= 0.6 is 11.6 Å². The number of urea groups is 1. The van der Waals surface area contributed by atoms with Gasteiger partial charge in [0.25, 0.3) is 0 Å². The number of rotatable bonds is 1. The number of hydrogen-bond donors (Lipinski definition) is 2. The van der Waals surface area contributed by atoms with Gasteiger partial charge in [0, 0.05) is 0 Å². The van der Waals surface area contributed by atoms with Gasteiger partial charge in [-0.3, -0.25) is 14.6 Å². The lowest BCUT2D eigenvalue weighted by molar-refractivity contribution is 0.249. The Labute approximate surface area is 258 Å². The van der Waals surface area contributed by atoms with Crippen LogP contribution in [0, 0.1) is 24.7 Å². The quantitative estimate of drug-likeness (QED) is 0.141. The van der Waals surface area contributed by atoms with Crippen LogP contribution in [0.25, 0.3) is 0 Å². The van der Waals surface area contributed by atoms with Crippen molar-refractivity contribution in [3.8, 4) is 24.7 Å². The SMILES string of the molecule is C#CCN.C#CCNC(=O)N1c2ccccc2CCc2ccccc21.O=C(Cl)N1c2ccccc2CCc2ccccc21. The Morgan fingerprint density at radius 2 is 0.977 bits per heavy atom. The molecule has 6 rings (SSSR count). The Hall–Kier alpha value is -5.01. The van der Waals surface area contributed by atoms with Crippen LogP contribution in [0.5, 0.6) is 0 Å². The van der Waals surface area contributed by atoms with Crippen molar-refractivity contribution in [1.82, 2.24) is 5.32 Å². The first-order valence-electron chi connectivity index (χ1n) is 14.0. The smallest absolute Gasteiger partial charge is 0.326 e. The van der Waals surface area contributed by atoms with E-state index in [0.717, 1.165) is 59.6 Å². The summed E-state index contributed by atoms with van der Waals surface area (Å²) >= 11 is 5.77. The largest absolute Gasteiger partial charge is 0.327 e. The molecule has 0 radical (unpaired) electrons. The molecule has 0 aliphatic carbocycles. The minimum atomic E-state index is -0.461. The van der Waals surface area contributed by atoms with Gasteiger partial charge < -0.3 is 11.1 Å². The molecule has 0 unspecified atom stereocenters. The highest BCUT2D eigenvalue weighted by Gasteiger charge is 2.25. The highest BCUT2D eigenvalue weighted by Crippen LogP contribution is 2.37. The summed E-state index contributed by atoms with van der Waals surface area (Å²) in [7, 11) is 0. The molecule has 0 fully saturated rings. The molecule has 2 aliphatic rings. The number of fused-ring (bicyclic) bond motifs is 4. The van der Waals surface area contributed by atoms with Crippen LogP contribution in [0.15, 0.2) is 97.1 Å². The summed E-state index contributed by atoms with van der Waals surface area (Å²) in [6.07, 6.45) is 13.6. The zero-order valence-electron chi connectivity index (χ0n) is 23.8. The monoisotopic (exact) mass is 588 g/mol. The molecule has 3 amide bonds. The lowest BCUT2D eigenvalue weighted by Gasteiger charge is -2.24. The molecule has 0 saturated heterocycles. The van der Waals surface area contributed by atoms with Crippen molar-refractivity contribution < 1.29 is 9.59 Å². The fourth-order valence-corrected chi connectivity index (χ4v) is 5.36. The molecule has 0 bridgehead atoms. The molecule has 0 saturated carbocycles. The molecule has 216 valence electrons. The number of benzene rings is 4. The molecule has 43 heavy (non-hydrogen) atoms. The number of hydrogen-bond acceptors (Lipinski definition) is 3. The van der Waals surface area contributed by atoms with Gasteiger partial charge in [0.15, 0.2) is 0 Å². The van der Waals surface area contributed by atoms with E-state index in [1.807, 2.05) is 84.9 Å². The molecule has 2 aliphatic heterocycles. The Morgan fingerprint density at radius 3 is 1.28 bits per heavy atom. The molecule has 2 heterocycles. The third kappa shape index (κ3) is 7.45. The van der Waals surface area contributed by atoms with Gasteiger partial charge in [0.2, 0.25) is 0 Å². The Morgan fingerprint density at radius 1 is 0.651 bits per heavy atom. The number of terminal acetylenes is 2. The molecular weight excluding hydrogens is 556 g/mol.